The van der Waals surface area contributed by atoms with Crippen LogP contribution >= 0.6 is 11.3 Å². The lowest BCUT2D eigenvalue weighted by Gasteiger charge is -2.34. The average molecular weight is 430 g/mol. The minimum absolute atomic E-state index is 0.141. The van der Waals surface area contributed by atoms with Crippen LogP contribution in [0, 0.1) is 11.7 Å². The van der Waals surface area contributed by atoms with Gasteiger partial charge in [-0.25, -0.2) is 4.39 Å². The van der Waals surface area contributed by atoms with Crippen LogP contribution in [0.1, 0.15) is 30.6 Å². The predicted molar refractivity (Wildman–Crippen MR) is 117 cm³/mol. The highest BCUT2D eigenvalue weighted by molar-refractivity contribution is 7.15. The van der Waals surface area contributed by atoms with E-state index >= 15 is 0 Å². The van der Waals surface area contributed by atoms with Crippen LogP contribution in [0.5, 0.6) is 0 Å². The average Bonchev–Trinajstić information content (AvgIpc) is 3.51. The Morgan fingerprint density at radius 2 is 1.83 bits per heavy atom. The zero-order chi connectivity index (χ0) is 20.9. The zero-order valence-corrected chi connectivity index (χ0v) is 17.9. The third kappa shape index (κ3) is 5.46. The Morgan fingerprint density at radius 3 is 2.57 bits per heavy atom. The van der Waals surface area contributed by atoms with Crippen LogP contribution in [0.15, 0.2) is 36.4 Å². The summed E-state index contributed by atoms with van der Waals surface area (Å²) in [7, 11) is 0. The molecule has 5 nitrogen and oxygen atoms in total. The molecule has 2 aromatic rings. The molecule has 1 aliphatic heterocycles. The highest BCUT2D eigenvalue weighted by Gasteiger charge is 2.29. The second-order valence-electron chi connectivity index (χ2n) is 8.07. The quantitative estimate of drug-likeness (QED) is 0.654. The zero-order valence-electron chi connectivity index (χ0n) is 17.1. The predicted octanol–water partition coefficient (Wildman–Crippen LogP) is 3.50. The number of carbonyl (C=O) groups is 2. The number of thiophene rings is 1. The van der Waals surface area contributed by atoms with E-state index < -0.39 is 0 Å². The van der Waals surface area contributed by atoms with Gasteiger partial charge in [-0.15, -0.1) is 11.3 Å². The highest BCUT2D eigenvalue weighted by atomic mass is 32.1. The van der Waals surface area contributed by atoms with Gasteiger partial charge in [0.2, 0.25) is 11.8 Å². The van der Waals surface area contributed by atoms with Crippen molar-refractivity contribution in [2.75, 3.05) is 32.7 Å². The molecular formula is C23H28FN3O2S. The van der Waals surface area contributed by atoms with Crippen molar-refractivity contribution < 1.29 is 14.0 Å². The Balaban J connectivity index is 1.18. The van der Waals surface area contributed by atoms with Gasteiger partial charge in [0.05, 0.1) is 0 Å². The first-order valence-electron chi connectivity index (χ1n) is 10.7. The molecule has 0 radical (unpaired) electrons. The maximum atomic E-state index is 14.0. The lowest BCUT2D eigenvalue weighted by atomic mass is 10.2. The molecule has 0 unspecified atom stereocenters. The molecule has 1 aliphatic carbocycles. The van der Waals surface area contributed by atoms with Gasteiger partial charge in [0.25, 0.3) is 0 Å². The normalized spacial score (nSPS) is 17.2. The van der Waals surface area contributed by atoms with Crippen LogP contribution in [0.2, 0.25) is 0 Å². The van der Waals surface area contributed by atoms with Gasteiger partial charge in [-0.2, -0.15) is 0 Å². The number of piperazine rings is 1. The molecule has 7 heteroatoms. The van der Waals surface area contributed by atoms with Gasteiger partial charge in [-0.3, -0.25) is 14.5 Å². The van der Waals surface area contributed by atoms with Crippen molar-refractivity contribution in [2.24, 2.45) is 5.92 Å². The Labute approximate surface area is 180 Å². The molecule has 0 atom stereocenters. The number of hydrogen-bond acceptors (Lipinski definition) is 4. The van der Waals surface area contributed by atoms with Crippen LogP contribution in [-0.2, 0) is 16.1 Å². The van der Waals surface area contributed by atoms with E-state index in [1.54, 1.807) is 17.4 Å². The smallest absolute Gasteiger partial charge is 0.223 e. The maximum Gasteiger partial charge on any atom is 0.223 e. The Morgan fingerprint density at radius 1 is 1.07 bits per heavy atom. The van der Waals surface area contributed by atoms with E-state index in [1.165, 1.54) is 10.9 Å². The Kier molecular flexibility index (Phi) is 6.79. The molecule has 2 amide bonds. The molecule has 0 bridgehead atoms. The van der Waals surface area contributed by atoms with E-state index in [0.717, 1.165) is 50.4 Å². The number of nitrogens with one attached hydrogen (secondary N) is 1. The molecule has 2 fully saturated rings. The van der Waals surface area contributed by atoms with Crippen LogP contribution in [0.3, 0.4) is 0 Å². The highest BCUT2D eigenvalue weighted by Crippen LogP contribution is 2.31. The molecular weight excluding hydrogens is 401 g/mol. The van der Waals surface area contributed by atoms with E-state index in [-0.39, 0.29) is 23.5 Å². The van der Waals surface area contributed by atoms with Crippen molar-refractivity contribution in [1.82, 2.24) is 15.1 Å². The second kappa shape index (κ2) is 9.71. The number of benzene rings is 1. The molecule has 1 aromatic carbocycles. The summed E-state index contributed by atoms with van der Waals surface area (Å²) >= 11 is 1.63. The van der Waals surface area contributed by atoms with Crippen molar-refractivity contribution in [3.63, 3.8) is 0 Å². The molecule has 1 N–H and O–H groups in total. The molecule has 1 aromatic heterocycles. The summed E-state index contributed by atoms with van der Waals surface area (Å²) in [6, 6.07) is 10.9. The second-order valence-corrected chi connectivity index (χ2v) is 9.24. The Hall–Kier alpha value is -2.25. The minimum Gasteiger partial charge on any atom is -0.356 e. The van der Waals surface area contributed by atoms with Gasteiger partial charge in [-0.05, 0) is 37.5 Å². The lowest BCUT2D eigenvalue weighted by Crippen LogP contribution is -2.48. The van der Waals surface area contributed by atoms with E-state index in [0.29, 0.717) is 24.9 Å². The number of hydrogen-bond donors (Lipinski definition) is 1. The van der Waals surface area contributed by atoms with Crippen molar-refractivity contribution in [3.8, 4) is 10.4 Å². The van der Waals surface area contributed by atoms with E-state index in [1.807, 2.05) is 23.1 Å². The van der Waals surface area contributed by atoms with Crippen molar-refractivity contribution in [3.05, 3.63) is 47.1 Å². The van der Waals surface area contributed by atoms with E-state index in [9.17, 15) is 14.0 Å². The van der Waals surface area contributed by atoms with Gasteiger partial charge in [0, 0.05) is 66.9 Å². The maximum absolute atomic E-state index is 14.0. The first-order valence-corrected chi connectivity index (χ1v) is 11.5. The van der Waals surface area contributed by atoms with Gasteiger partial charge in [0.1, 0.15) is 5.82 Å². The molecule has 2 aliphatic rings. The molecule has 160 valence electrons. The van der Waals surface area contributed by atoms with Crippen molar-refractivity contribution in [1.29, 1.82) is 0 Å². The fraction of sp³-hybridized carbons (Fsp3) is 0.478. The largest absolute Gasteiger partial charge is 0.356 e. The van der Waals surface area contributed by atoms with E-state index in [4.69, 9.17) is 0 Å². The van der Waals surface area contributed by atoms with E-state index in [2.05, 4.69) is 16.3 Å². The number of halogens is 1. The first kappa shape index (κ1) is 21.0. The minimum atomic E-state index is -0.190. The van der Waals surface area contributed by atoms with Gasteiger partial charge >= 0.3 is 0 Å². The van der Waals surface area contributed by atoms with Crippen LogP contribution in [-0.4, -0.2) is 54.3 Å². The third-order valence-corrected chi connectivity index (χ3v) is 6.82. The van der Waals surface area contributed by atoms with Crippen LogP contribution < -0.4 is 5.32 Å². The monoisotopic (exact) mass is 429 g/mol. The van der Waals surface area contributed by atoms with Crippen molar-refractivity contribution >= 4 is 23.2 Å². The standard InChI is InChI=1S/C23H28FN3O2S/c24-20-5-2-1-4-19(20)21-10-9-18(30-21)16-26-12-14-27(15-13-26)22(28)6-3-11-25-23(29)17-7-8-17/h1-2,4-5,9-10,17H,3,6-8,11-16H2,(H,25,29). The summed E-state index contributed by atoms with van der Waals surface area (Å²) < 4.78 is 14.0. The van der Waals surface area contributed by atoms with Gasteiger partial charge < -0.3 is 10.2 Å². The third-order valence-electron chi connectivity index (χ3n) is 5.72. The van der Waals surface area contributed by atoms with Gasteiger partial charge in [-0.1, -0.05) is 18.2 Å². The topological polar surface area (TPSA) is 52.7 Å². The fourth-order valence-corrected chi connectivity index (χ4v) is 4.82. The molecule has 0 spiro atoms. The molecule has 1 saturated carbocycles. The van der Waals surface area contributed by atoms with Crippen LogP contribution in [0.4, 0.5) is 4.39 Å². The summed E-state index contributed by atoms with van der Waals surface area (Å²) in [6.45, 7) is 4.57. The summed E-state index contributed by atoms with van der Waals surface area (Å²) in [4.78, 5) is 30.4. The number of carbonyl (C=O) groups excluding carboxylic acids is 2. The molecule has 2 heterocycles. The molecule has 4 rings (SSSR count). The molecule has 30 heavy (non-hydrogen) atoms. The lowest BCUT2D eigenvalue weighted by molar-refractivity contribution is -0.133. The number of rotatable bonds is 8. The fourth-order valence-electron chi connectivity index (χ4n) is 3.74. The molecule has 1 saturated heterocycles. The van der Waals surface area contributed by atoms with Crippen molar-refractivity contribution in [2.45, 2.75) is 32.2 Å². The summed E-state index contributed by atoms with van der Waals surface area (Å²) in [6.07, 6.45) is 3.20. The first-order chi connectivity index (χ1) is 14.6. The van der Waals surface area contributed by atoms with Crippen LogP contribution in [0.25, 0.3) is 10.4 Å². The number of amides is 2. The summed E-state index contributed by atoms with van der Waals surface area (Å²) in [5.41, 5.74) is 0.650. The summed E-state index contributed by atoms with van der Waals surface area (Å²) in [5.74, 6) is 0.348. The number of nitrogens with zero attached hydrogens (tertiary/aromatic N) is 2. The Bertz CT molecular complexity index is 888. The SMILES string of the molecule is O=C(NCCCC(=O)N1CCN(Cc2ccc(-c3ccccc3F)s2)CC1)C1CC1. The van der Waals surface area contributed by atoms with Gasteiger partial charge in [0.15, 0.2) is 0 Å². The summed E-state index contributed by atoms with van der Waals surface area (Å²) in [5, 5.41) is 2.91.